The van der Waals surface area contributed by atoms with Crippen LogP contribution in [0, 0.1) is 0 Å². The molecule has 0 radical (unpaired) electrons. The largest absolute Gasteiger partial charge is 0.497 e. The maximum absolute atomic E-state index is 11.2. The van der Waals surface area contributed by atoms with Crippen molar-refractivity contribution < 1.29 is 14.3 Å². The van der Waals surface area contributed by atoms with Crippen molar-refractivity contribution in [1.82, 2.24) is 0 Å². The Hall–Kier alpha value is -2.53. The van der Waals surface area contributed by atoms with E-state index >= 15 is 0 Å². The van der Waals surface area contributed by atoms with Gasteiger partial charge in [0, 0.05) is 17.8 Å². The van der Waals surface area contributed by atoms with E-state index in [0.29, 0.717) is 17.2 Å². The molecule has 1 amide bonds. The van der Waals surface area contributed by atoms with Crippen LogP contribution in [0.2, 0.25) is 0 Å². The van der Waals surface area contributed by atoms with Gasteiger partial charge in [0.05, 0.1) is 13.7 Å². The predicted molar refractivity (Wildman–Crippen MR) is 77.2 cm³/mol. The van der Waals surface area contributed by atoms with E-state index in [9.17, 15) is 4.79 Å². The molecule has 0 spiro atoms. The second-order valence-electron chi connectivity index (χ2n) is 4.06. The van der Waals surface area contributed by atoms with Gasteiger partial charge in [0.15, 0.2) is 0 Å². The van der Waals surface area contributed by atoms with Crippen LogP contribution in [0.5, 0.6) is 17.2 Å². The summed E-state index contributed by atoms with van der Waals surface area (Å²) in [5, 5.41) is 2.67. The van der Waals surface area contributed by atoms with Crippen LogP contribution >= 0.6 is 0 Å². The van der Waals surface area contributed by atoms with Crippen molar-refractivity contribution in [2.45, 2.75) is 0 Å². The number of hydrogen-bond acceptors (Lipinski definition) is 4. The molecule has 2 aromatic rings. The zero-order valence-corrected chi connectivity index (χ0v) is 11.1. The van der Waals surface area contributed by atoms with Crippen LogP contribution in [-0.4, -0.2) is 19.6 Å². The van der Waals surface area contributed by atoms with Crippen molar-refractivity contribution in [3.63, 3.8) is 0 Å². The molecule has 0 aliphatic heterocycles. The Balaban J connectivity index is 2.12. The van der Waals surface area contributed by atoms with Gasteiger partial charge < -0.3 is 20.5 Å². The van der Waals surface area contributed by atoms with E-state index in [1.54, 1.807) is 37.4 Å². The highest BCUT2D eigenvalue weighted by Crippen LogP contribution is 2.26. The van der Waals surface area contributed by atoms with E-state index in [4.69, 9.17) is 15.2 Å². The number of rotatable bonds is 5. The van der Waals surface area contributed by atoms with Crippen LogP contribution in [0.3, 0.4) is 0 Å². The summed E-state index contributed by atoms with van der Waals surface area (Å²) in [4.78, 5) is 11.2. The molecule has 0 aliphatic rings. The molecular formula is C15H16N2O3. The Labute approximate surface area is 117 Å². The molecule has 2 rings (SSSR count). The summed E-state index contributed by atoms with van der Waals surface area (Å²) in [7, 11) is 1.60. The smallest absolute Gasteiger partial charge is 0.238 e. The summed E-state index contributed by atoms with van der Waals surface area (Å²) >= 11 is 0. The van der Waals surface area contributed by atoms with E-state index in [1.165, 1.54) is 0 Å². The first kappa shape index (κ1) is 13.9. The molecular weight excluding hydrogens is 256 g/mol. The van der Waals surface area contributed by atoms with Gasteiger partial charge in [0.1, 0.15) is 17.2 Å². The molecule has 2 aromatic carbocycles. The van der Waals surface area contributed by atoms with Crippen LogP contribution < -0.4 is 20.5 Å². The van der Waals surface area contributed by atoms with Crippen LogP contribution in [0.15, 0.2) is 48.5 Å². The fourth-order valence-corrected chi connectivity index (χ4v) is 1.65. The maximum atomic E-state index is 11.2. The van der Waals surface area contributed by atoms with Gasteiger partial charge >= 0.3 is 0 Å². The van der Waals surface area contributed by atoms with Crippen LogP contribution in [-0.2, 0) is 4.79 Å². The molecule has 0 aliphatic carbocycles. The lowest BCUT2D eigenvalue weighted by Gasteiger charge is -2.09. The zero-order chi connectivity index (χ0) is 14.4. The second kappa shape index (κ2) is 6.58. The number of benzene rings is 2. The zero-order valence-electron chi connectivity index (χ0n) is 11.1. The SMILES string of the molecule is COc1cccc(Oc2cccc(NC(=O)CN)c2)c1. The van der Waals surface area contributed by atoms with Gasteiger partial charge in [-0.15, -0.1) is 0 Å². The Morgan fingerprint density at radius 1 is 1.10 bits per heavy atom. The monoisotopic (exact) mass is 272 g/mol. The fraction of sp³-hybridized carbons (Fsp3) is 0.133. The third-order valence-corrected chi connectivity index (χ3v) is 2.58. The molecule has 5 nitrogen and oxygen atoms in total. The summed E-state index contributed by atoms with van der Waals surface area (Å²) in [6, 6.07) is 14.4. The standard InChI is InChI=1S/C15H16N2O3/c1-19-12-5-3-7-14(9-12)20-13-6-2-4-11(8-13)17-15(18)10-16/h2-9H,10,16H2,1H3,(H,17,18). The van der Waals surface area contributed by atoms with Crippen LogP contribution in [0.25, 0.3) is 0 Å². The third-order valence-electron chi connectivity index (χ3n) is 2.58. The van der Waals surface area contributed by atoms with Crippen molar-refractivity contribution in [2.75, 3.05) is 19.0 Å². The Morgan fingerprint density at radius 3 is 2.45 bits per heavy atom. The summed E-state index contributed by atoms with van der Waals surface area (Å²) in [5.41, 5.74) is 5.90. The molecule has 0 saturated heterocycles. The Bertz CT molecular complexity index is 599. The van der Waals surface area contributed by atoms with Gasteiger partial charge in [0.2, 0.25) is 5.91 Å². The van der Waals surface area contributed by atoms with Crippen molar-refractivity contribution in [3.05, 3.63) is 48.5 Å². The highest BCUT2D eigenvalue weighted by Gasteiger charge is 2.03. The van der Waals surface area contributed by atoms with Gasteiger partial charge in [-0.05, 0) is 24.3 Å². The number of carbonyl (C=O) groups is 1. The summed E-state index contributed by atoms with van der Waals surface area (Å²) in [6.07, 6.45) is 0. The summed E-state index contributed by atoms with van der Waals surface area (Å²) in [5.74, 6) is 1.75. The molecule has 0 bridgehead atoms. The van der Waals surface area contributed by atoms with Gasteiger partial charge in [-0.2, -0.15) is 0 Å². The first-order valence-electron chi connectivity index (χ1n) is 6.13. The molecule has 20 heavy (non-hydrogen) atoms. The lowest BCUT2D eigenvalue weighted by atomic mass is 10.3. The van der Waals surface area contributed by atoms with E-state index in [1.807, 2.05) is 18.2 Å². The molecule has 0 saturated carbocycles. The van der Waals surface area contributed by atoms with Crippen molar-refractivity contribution in [1.29, 1.82) is 0 Å². The number of carbonyl (C=O) groups excluding carboxylic acids is 1. The molecule has 0 aromatic heterocycles. The topological polar surface area (TPSA) is 73.6 Å². The summed E-state index contributed by atoms with van der Waals surface area (Å²) in [6.45, 7) is -0.0546. The van der Waals surface area contributed by atoms with E-state index in [2.05, 4.69) is 5.32 Å². The number of amides is 1. The lowest BCUT2D eigenvalue weighted by molar-refractivity contribution is -0.114. The van der Waals surface area contributed by atoms with E-state index in [0.717, 1.165) is 5.75 Å². The van der Waals surface area contributed by atoms with E-state index in [-0.39, 0.29) is 12.5 Å². The van der Waals surface area contributed by atoms with Crippen molar-refractivity contribution in [3.8, 4) is 17.2 Å². The van der Waals surface area contributed by atoms with Gasteiger partial charge in [-0.3, -0.25) is 4.79 Å². The number of methoxy groups -OCH3 is 1. The third kappa shape index (κ3) is 3.73. The molecule has 3 N–H and O–H groups in total. The van der Waals surface area contributed by atoms with Crippen molar-refractivity contribution >= 4 is 11.6 Å². The highest BCUT2D eigenvalue weighted by atomic mass is 16.5. The number of nitrogens with two attached hydrogens (primary N) is 1. The quantitative estimate of drug-likeness (QED) is 0.876. The average Bonchev–Trinajstić information content (AvgIpc) is 2.47. The second-order valence-corrected chi connectivity index (χ2v) is 4.06. The number of nitrogens with one attached hydrogen (secondary N) is 1. The molecule has 0 unspecified atom stereocenters. The molecule has 104 valence electrons. The minimum absolute atomic E-state index is 0.0546. The fourth-order valence-electron chi connectivity index (χ4n) is 1.65. The minimum atomic E-state index is -0.247. The maximum Gasteiger partial charge on any atom is 0.238 e. The molecule has 0 heterocycles. The predicted octanol–water partition coefficient (Wildman–Crippen LogP) is 2.38. The highest BCUT2D eigenvalue weighted by molar-refractivity contribution is 5.92. The average molecular weight is 272 g/mol. The minimum Gasteiger partial charge on any atom is -0.497 e. The van der Waals surface area contributed by atoms with Crippen LogP contribution in [0.1, 0.15) is 0 Å². The first-order valence-corrected chi connectivity index (χ1v) is 6.13. The van der Waals surface area contributed by atoms with Gasteiger partial charge in [0.25, 0.3) is 0 Å². The Kier molecular flexibility index (Phi) is 4.57. The van der Waals surface area contributed by atoms with Crippen LogP contribution in [0.4, 0.5) is 5.69 Å². The van der Waals surface area contributed by atoms with Gasteiger partial charge in [-0.1, -0.05) is 12.1 Å². The number of hydrogen-bond donors (Lipinski definition) is 2. The first-order chi connectivity index (χ1) is 9.71. The van der Waals surface area contributed by atoms with Gasteiger partial charge in [-0.25, -0.2) is 0 Å². The lowest BCUT2D eigenvalue weighted by Crippen LogP contribution is -2.21. The Morgan fingerprint density at radius 2 is 1.75 bits per heavy atom. The number of ether oxygens (including phenoxy) is 2. The molecule has 0 atom stereocenters. The van der Waals surface area contributed by atoms with E-state index < -0.39 is 0 Å². The molecule has 5 heteroatoms. The molecule has 0 fully saturated rings. The normalized spacial score (nSPS) is 9.90. The summed E-state index contributed by atoms with van der Waals surface area (Å²) < 4.78 is 10.8. The van der Waals surface area contributed by atoms with Crippen molar-refractivity contribution in [2.24, 2.45) is 5.73 Å². The number of anilines is 1.